The van der Waals surface area contributed by atoms with Crippen molar-refractivity contribution >= 4 is 22.8 Å². The van der Waals surface area contributed by atoms with Gasteiger partial charge in [0.25, 0.3) is 5.91 Å². The van der Waals surface area contributed by atoms with E-state index < -0.39 is 5.97 Å². The number of rotatable bonds is 5. The Labute approximate surface area is 163 Å². The molecule has 0 atom stereocenters. The van der Waals surface area contributed by atoms with Crippen LogP contribution in [0, 0.1) is 6.92 Å². The maximum atomic E-state index is 13.2. The SMILES string of the molecule is COC(=O)c1cc(CN(C)C(=O)c2cc(C3CC3)nc3ccccc23)oc1C. The molecule has 1 aliphatic carbocycles. The Morgan fingerprint density at radius 2 is 1.96 bits per heavy atom. The van der Waals surface area contributed by atoms with Crippen molar-refractivity contribution in [2.75, 3.05) is 14.2 Å². The summed E-state index contributed by atoms with van der Waals surface area (Å²) in [7, 11) is 3.06. The third kappa shape index (κ3) is 3.38. The van der Waals surface area contributed by atoms with Gasteiger partial charge < -0.3 is 14.1 Å². The number of ether oxygens (including phenoxy) is 1. The van der Waals surface area contributed by atoms with Gasteiger partial charge in [0.15, 0.2) is 0 Å². The summed E-state index contributed by atoms with van der Waals surface area (Å²) in [5.74, 6) is 0.921. The maximum Gasteiger partial charge on any atom is 0.341 e. The largest absolute Gasteiger partial charge is 0.465 e. The Morgan fingerprint density at radius 3 is 2.68 bits per heavy atom. The number of aryl methyl sites for hydroxylation is 1. The third-order valence-electron chi connectivity index (χ3n) is 5.08. The normalized spacial score (nSPS) is 13.5. The van der Waals surface area contributed by atoms with E-state index in [-0.39, 0.29) is 12.5 Å². The summed E-state index contributed by atoms with van der Waals surface area (Å²) in [6, 6.07) is 11.3. The number of amides is 1. The first-order valence-electron chi connectivity index (χ1n) is 9.30. The highest BCUT2D eigenvalue weighted by atomic mass is 16.5. The zero-order chi connectivity index (χ0) is 19.8. The molecule has 0 saturated heterocycles. The molecule has 0 N–H and O–H groups in total. The Morgan fingerprint density at radius 1 is 1.21 bits per heavy atom. The van der Waals surface area contributed by atoms with Crippen LogP contribution >= 0.6 is 0 Å². The summed E-state index contributed by atoms with van der Waals surface area (Å²) in [5, 5.41) is 0.842. The minimum atomic E-state index is -0.448. The van der Waals surface area contributed by atoms with Crippen LogP contribution in [-0.4, -0.2) is 35.9 Å². The number of methoxy groups -OCH3 is 1. The van der Waals surface area contributed by atoms with Crippen molar-refractivity contribution in [3.8, 4) is 0 Å². The van der Waals surface area contributed by atoms with Gasteiger partial charge in [-0.05, 0) is 38.0 Å². The number of nitrogens with zero attached hydrogens (tertiary/aromatic N) is 2. The zero-order valence-electron chi connectivity index (χ0n) is 16.2. The fraction of sp³-hybridized carbons (Fsp3) is 0.318. The van der Waals surface area contributed by atoms with Crippen LogP contribution in [0.2, 0.25) is 0 Å². The van der Waals surface area contributed by atoms with Gasteiger partial charge in [-0.15, -0.1) is 0 Å². The van der Waals surface area contributed by atoms with Gasteiger partial charge in [0.05, 0.1) is 24.7 Å². The monoisotopic (exact) mass is 378 g/mol. The second-order valence-electron chi connectivity index (χ2n) is 7.22. The summed E-state index contributed by atoms with van der Waals surface area (Å²) >= 11 is 0. The second kappa shape index (κ2) is 7.11. The van der Waals surface area contributed by atoms with E-state index in [1.54, 1.807) is 24.9 Å². The van der Waals surface area contributed by atoms with Crippen molar-refractivity contribution in [3.63, 3.8) is 0 Å². The number of pyridine rings is 1. The molecular formula is C22H22N2O4. The summed E-state index contributed by atoms with van der Waals surface area (Å²) in [6.07, 6.45) is 2.24. The molecule has 1 saturated carbocycles. The molecule has 0 spiro atoms. The molecule has 1 fully saturated rings. The van der Waals surface area contributed by atoms with Crippen molar-refractivity contribution in [2.45, 2.75) is 32.2 Å². The number of fused-ring (bicyclic) bond motifs is 1. The minimum absolute atomic E-state index is 0.103. The lowest BCUT2D eigenvalue weighted by atomic mass is 10.0. The predicted molar refractivity (Wildman–Crippen MR) is 104 cm³/mol. The molecule has 2 heterocycles. The van der Waals surface area contributed by atoms with Crippen LogP contribution in [0.5, 0.6) is 0 Å². The topological polar surface area (TPSA) is 72.6 Å². The van der Waals surface area contributed by atoms with E-state index in [9.17, 15) is 9.59 Å². The molecule has 3 aromatic rings. The van der Waals surface area contributed by atoms with E-state index in [4.69, 9.17) is 14.1 Å². The van der Waals surface area contributed by atoms with Crippen molar-refractivity contribution in [1.29, 1.82) is 0 Å². The Bertz CT molecular complexity index is 1070. The molecule has 0 unspecified atom stereocenters. The molecule has 6 heteroatoms. The quantitative estimate of drug-likeness (QED) is 0.626. The van der Waals surface area contributed by atoms with Gasteiger partial charge >= 0.3 is 5.97 Å². The number of para-hydroxylation sites is 1. The standard InChI is InChI=1S/C22H22N2O4/c1-13-17(22(26)27-3)10-15(28-13)12-24(2)21(25)18-11-20(14-8-9-14)23-19-7-5-4-6-16(18)19/h4-7,10-11,14H,8-9,12H2,1-3H3. The van der Waals surface area contributed by atoms with Gasteiger partial charge in [-0.1, -0.05) is 18.2 Å². The van der Waals surface area contributed by atoms with Crippen LogP contribution in [0.25, 0.3) is 10.9 Å². The summed E-state index contributed by atoms with van der Waals surface area (Å²) < 4.78 is 10.4. The molecule has 2 aromatic heterocycles. The first kappa shape index (κ1) is 18.2. The van der Waals surface area contributed by atoms with E-state index in [2.05, 4.69) is 0 Å². The molecule has 4 rings (SSSR count). The van der Waals surface area contributed by atoms with Gasteiger partial charge in [0.1, 0.15) is 17.1 Å². The van der Waals surface area contributed by atoms with Gasteiger partial charge in [0.2, 0.25) is 0 Å². The highest BCUT2D eigenvalue weighted by Crippen LogP contribution is 2.40. The van der Waals surface area contributed by atoms with Gasteiger partial charge in [-0.2, -0.15) is 0 Å². The van der Waals surface area contributed by atoms with E-state index in [1.807, 2.05) is 30.3 Å². The smallest absolute Gasteiger partial charge is 0.341 e. The van der Waals surface area contributed by atoms with Crippen molar-refractivity contribution in [3.05, 3.63) is 64.7 Å². The molecule has 6 nitrogen and oxygen atoms in total. The number of hydrogen-bond acceptors (Lipinski definition) is 5. The molecule has 0 aliphatic heterocycles. The number of carbonyl (C=O) groups excluding carboxylic acids is 2. The lowest BCUT2D eigenvalue weighted by Gasteiger charge is -2.17. The summed E-state index contributed by atoms with van der Waals surface area (Å²) in [4.78, 5) is 31.3. The molecular weight excluding hydrogens is 356 g/mol. The maximum absolute atomic E-state index is 13.2. The predicted octanol–water partition coefficient (Wildman–Crippen LogP) is 4.07. The lowest BCUT2D eigenvalue weighted by Crippen LogP contribution is -2.26. The van der Waals surface area contributed by atoms with Crippen LogP contribution in [0.3, 0.4) is 0 Å². The van der Waals surface area contributed by atoms with Crippen LogP contribution in [0.15, 0.2) is 40.8 Å². The van der Waals surface area contributed by atoms with Gasteiger partial charge in [-0.25, -0.2) is 4.79 Å². The lowest BCUT2D eigenvalue weighted by molar-refractivity contribution is 0.0598. The number of carbonyl (C=O) groups is 2. The Balaban J connectivity index is 1.63. The van der Waals surface area contributed by atoms with E-state index in [0.29, 0.717) is 28.6 Å². The first-order chi connectivity index (χ1) is 13.5. The van der Waals surface area contributed by atoms with Crippen LogP contribution in [0.4, 0.5) is 0 Å². The highest BCUT2D eigenvalue weighted by molar-refractivity contribution is 6.06. The van der Waals surface area contributed by atoms with E-state index in [0.717, 1.165) is 29.4 Å². The highest BCUT2D eigenvalue weighted by Gasteiger charge is 2.28. The summed E-state index contributed by atoms with van der Waals surface area (Å²) in [5.41, 5.74) is 2.85. The molecule has 0 radical (unpaired) electrons. The number of benzene rings is 1. The Kier molecular flexibility index (Phi) is 4.63. The number of furan rings is 1. The molecule has 0 bridgehead atoms. The molecule has 144 valence electrons. The van der Waals surface area contributed by atoms with Crippen molar-refractivity contribution in [2.24, 2.45) is 0 Å². The average Bonchev–Trinajstić information content (AvgIpc) is 3.49. The number of esters is 1. The van der Waals surface area contributed by atoms with E-state index in [1.165, 1.54) is 7.11 Å². The van der Waals surface area contributed by atoms with Gasteiger partial charge in [-0.3, -0.25) is 9.78 Å². The third-order valence-corrected chi connectivity index (χ3v) is 5.08. The second-order valence-corrected chi connectivity index (χ2v) is 7.22. The first-order valence-corrected chi connectivity index (χ1v) is 9.30. The van der Waals surface area contributed by atoms with Crippen LogP contribution in [-0.2, 0) is 11.3 Å². The summed E-state index contributed by atoms with van der Waals surface area (Å²) in [6.45, 7) is 1.96. The average molecular weight is 378 g/mol. The Hall–Kier alpha value is -3.15. The fourth-order valence-electron chi connectivity index (χ4n) is 3.41. The fourth-order valence-corrected chi connectivity index (χ4v) is 3.41. The molecule has 1 amide bonds. The van der Waals surface area contributed by atoms with E-state index >= 15 is 0 Å². The van der Waals surface area contributed by atoms with Crippen LogP contribution in [0.1, 0.15) is 56.7 Å². The number of hydrogen-bond donors (Lipinski definition) is 0. The molecule has 1 aliphatic rings. The van der Waals surface area contributed by atoms with Crippen molar-refractivity contribution < 1.29 is 18.7 Å². The number of aromatic nitrogens is 1. The van der Waals surface area contributed by atoms with Gasteiger partial charge in [0, 0.05) is 24.0 Å². The van der Waals surface area contributed by atoms with Crippen LogP contribution < -0.4 is 0 Å². The molecule has 28 heavy (non-hydrogen) atoms. The molecule has 1 aromatic carbocycles. The zero-order valence-corrected chi connectivity index (χ0v) is 16.2. The van der Waals surface area contributed by atoms with Crippen molar-refractivity contribution in [1.82, 2.24) is 9.88 Å². The minimum Gasteiger partial charge on any atom is -0.465 e.